The zero-order chi connectivity index (χ0) is 16.3. The number of aromatic nitrogens is 1. The summed E-state index contributed by atoms with van der Waals surface area (Å²) >= 11 is 0. The highest BCUT2D eigenvalue weighted by atomic mass is 16.2. The monoisotopic (exact) mass is 316 g/mol. The number of rotatable bonds is 5. The van der Waals surface area contributed by atoms with Crippen LogP contribution in [0.15, 0.2) is 24.4 Å². The molecule has 1 aliphatic carbocycles. The van der Waals surface area contributed by atoms with E-state index >= 15 is 0 Å². The molecule has 3 rings (SSSR count). The minimum absolute atomic E-state index is 0.00308. The molecule has 2 amide bonds. The molecule has 1 atom stereocenters. The van der Waals surface area contributed by atoms with Gasteiger partial charge in [-0.3, -0.25) is 19.5 Å². The minimum atomic E-state index is -0.474. The van der Waals surface area contributed by atoms with Crippen LogP contribution in [-0.2, 0) is 16.1 Å². The van der Waals surface area contributed by atoms with Crippen LogP contribution in [0.25, 0.3) is 0 Å². The molecule has 23 heavy (non-hydrogen) atoms. The maximum atomic E-state index is 12.6. The number of likely N-dealkylation sites (N-methyl/N-ethyl adjacent to an activating group) is 1. The average molecular weight is 316 g/mol. The number of nitrogens with zero attached hydrogens (tertiary/aromatic N) is 2. The second-order valence-corrected chi connectivity index (χ2v) is 6.35. The van der Waals surface area contributed by atoms with Crippen LogP contribution in [0.1, 0.15) is 37.8 Å². The van der Waals surface area contributed by atoms with Gasteiger partial charge >= 0.3 is 0 Å². The SMILES string of the molecule is CNC(=O)C1(N2CCC[C@H]2C(=O)NCc2ccccn2)CCC1. The highest BCUT2D eigenvalue weighted by Crippen LogP contribution is 2.42. The van der Waals surface area contributed by atoms with Crippen LogP contribution in [-0.4, -0.2) is 46.9 Å². The predicted octanol–water partition coefficient (Wildman–Crippen LogP) is 0.831. The molecule has 0 bridgehead atoms. The quantitative estimate of drug-likeness (QED) is 0.844. The highest BCUT2D eigenvalue weighted by molar-refractivity contribution is 5.89. The van der Waals surface area contributed by atoms with Crippen molar-refractivity contribution < 1.29 is 9.59 Å². The summed E-state index contributed by atoms with van der Waals surface area (Å²) in [6, 6.07) is 5.44. The summed E-state index contributed by atoms with van der Waals surface area (Å²) in [5, 5.41) is 5.75. The second-order valence-electron chi connectivity index (χ2n) is 6.35. The number of pyridine rings is 1. The van der Waals surface area contributed by atoms with Gasteiger partial charge in [0.2, 0.25) is 11.8 Å². The first-order valence-electron chi connectivity index (χ1n) is 8.34. The summed E-state index contributed by atoms with van der Waals surface area (Å²) in [6.45, 7) is 1.24. The van der Waals surface area contributed by atoms with E-state index in [2.05, 4.69) is 20.5 Å². The van der Waals surface area contributed by atoms with E-state index in [0.29, 0.717) is 6.54 Å². The Morgan fingerprint density at radius 1 is 1.35 bits per heavy atom. The van der Waals surface area contributed by atoms with Gasteiger partial charge in [-0.15, -0.1) is 0 Å². The van der Waals surface area contributed by atoms with Crippen LogP contribution in [0.3, 0.4) is 0 Å². The van der Waals surface area contributed by atoms with Crippen molar-refractivity contribution in [2.24, 2.45) is 0 Å². The van der Waals surface area contributed by atoms with Crippen molar-refractivity contribution in [3.8, 4) is 0 Å². The molecule has 1 aromatic heterocycles. The van der Waals surface area contributed by atoms with Crippen LogP contribution in [0, 0.1) is 0 Å². The lowest BCUT2D eigenvalue weighted by molar-refractivity contribution is -0.144. The molecular weight excluding hydrogens is 292 g/mol. The lowest BCUT2D eigenvalue weighted by Crippen LogP contribution is -2.65. The number of nitrogens with one attached hydrogen (secondary N) is 2. The maximum Gasteiger partial charge on any atom is 0.240 e. The molecule has 124 valence electrons. The van der Waals surface area contributed by atoms with Gasteiger partial charge in [-0.1, -0.05) is 6.07 Å². The Morgan fingerprint density at radius 2 is 2.17 bits per heavy atom. The van der Waals surface area contributed by atoms with Crippen molar-refractivity contribution in [3.05, 3.63) is 30.1 Å². The summed E-state index contributed by atoms with van der Waals surface area (Å²) in [7, 11) is 1.68. The first-order valence-corrected chi connectivity index (χ1v) is 8.34. The minimum Gasteiger partial charge on any atom is -0.358 e. The molecule has 0 aromatic carbocycles. The third-order valence-corrected chi connectivity index (χ3v) is 5.11. The van der Waals surface area contributed by atoms with Crippen LogP contribution in [0.4, 0.5) is 0 Å². The van der Waals surface area contributed by atoms with Crippen LogP contribution in [0.5, 0.6) is 0 Å². The van der Waals surface area contributed by atoms with Gasteiger partial charge in [0, 0.05) is 19.8 Å². The molecule has 1 aromatic rings. The molecule has 6 heteroatoms. The molecule has 1 saturated carbocycles. The Bertz CT molecular complexity index is 571. The Morgan fingerprint density at radius 3 is 2.78 bits per heavy atom. The van der Waals surface area contributed by atoms with Crippen molar-refractivity contribution >= 4 is 11.8 Å². The van der Waals surface area contributed by atoms with Crippen molar-refractivity contribution in [2.45, 2.75) is 50.2 Å². The molecule has 0 radical (unpaired) electrons. The number of likely N-dealkylation sites (tertiary alicyclic amines) is 1. The first kappa shape index (κ1) is 15.9. The van der Waals surface area contributed by atoms with E-state index < -0.39 is 5.54 Å². The molecule has 2 heterocycles. The van der Waals surface area contributed by atoms with Crippen molar-refractivity contribution in [3.63, 3.8) is 0 Å². The number of carbonyl (C=O) groups is 2. The van der Waals surface area contributed by atoms with E-state index in [1.54, 1.807) is 13.2 Å². The summed E-state index contributed by atoms with van der Waals surface area (Å²) in [4.78, 5) is 31.3. The topological polar surface area (TPSA) is 74.3 Å². The van der Waals surface area contributed by atoms with Gasteiger partial charge < -0.3 is 10.6 Å². The average Bonchev–Trinajstić information content (AvgIpc) is 3.02. The van der Waals surface area contributed by atoms with Crippen molar-refractivity contribution in [1.29, 1.82) is 0 Å². The summed E-state index contributed by atoms with van der Waals surface area (Å²) in [5.74, 6) is 0.0523. The van der Waals surface area contributed by atoms with Crippen LogP contribution in [0.2, 0.25) is 0 Å². The fraction of sp³-hybridized carbons (Fsp3) is 0.588. The molecule has 0 spiro atoms. The van der Waals surface area contributed by atoms with Crippen molar-refractivity contribution in [2.75, 3.05) is 13.6 Å². The number of amides is 2. The number of hydrogen-bond donors (Lipinski definition) is 2. The Labute approximate surface area is 136 Å². The lowest BCUT2D eigenvalue weighted by atomic mass is 9.74. The predicted molar refractivity (Wildman–Crippen MR) is 86.5 cm³/mol. The second kappa shape index (κ2) is 6.66. The van der Waals surface area contributed by atoms with E-state index in [-0.39, 0.29) is 17.9 Å². The van der Waals surface area contributed by atoms with Gasteiger partial charge in [-0.05, 0) is 44.2 Å². The fourth-order valence-corrected chi connectivity index (χ4v) is 3.74. The largest absolute Gasteiger partial charge is 0.358 e. The van der Waals surface area contributed by atoms with E-state index in [9.17, 15) is 9.59 Å². The first-order chi connectivity index (χ1) is 11.2. The fourth-order valence-electron chi connectivity index (χ4n) is 3.74. The molecule has 0 unspecified atom stereocenters. The molecule has 1 aliphatic heterocycles. The Balaban J connectivity index is 1.66. The summed E-state index contributed by atoms with van der Waals surface area (Å²) in [5.41, 5.74) is 0.369. The number of carbonyl (C=O) groups excluding carboxylic acids is 2. The zero-order valence-corrected chi connectivity index (χ0v) is 13.5. The van der Waals surface area contributed by atoms with E-state index in [1.807, 2.05) is 18.2 Å². The molecule has 6 nitrogen and oxygen atoms in total. The van der Waals surface area contributed by atoms with Crippen LogP contribution >= 0.6 is 0 Å². The van der Waals surface area contributed by atoms with Gasteiger partial charge in [0.1, 0.15) is 5.54 Å². The standard InChI is InChI=1S/C17H24N4O2/c1-18-16(23)17(8-5-9-17)21-11-4-7-14(21)15(22)20-12-13-6-2-3-10-19-13/h2-3,6,10,14H,4-5,7-9,11-12H2,1H3,(H,18,23)(H,20,22)/t14-/m0/s1. The molecule has 1 saturated heterocycles. The third-order valence-electron chi connectivity index (χ3n) is 5.11. The highest BCUT2D eigenvalue weighted by Gasteiger charge is 2.53. The smallest absolute Gasteiger partial charge is 0.240 e. The number of hydrogen-bond acceptors (Lipinski definition) is 4. The maximum absolute atomic E-state index is 12.6. The van der Waals surface area contributed by atoms with Gasteiger partial charge in [0.25, 0.3) is 0 Å². The van der Waals surface area contributed by atoms with E-state index in [4.69, 9.17) is 0 Å². The normalized spacial score (nSPS) is 23.1. The third kappa shape index (κ3) is 2.95. The molecular formula is C17H24N4O2. The molecule has 2 aliphatic rings. The lowest BCUT2D eigenvalue weighted by Gasteiger charge is -2.48. The van der Waals surface area contributed by atoms with Crippen molar-refractivity contribution in [1.82, 2.24) is 20.5 Å². The van der Waals surface area contributed by atoms with Crippen LogP contribution < -0.4 is 10.6 Å². The summed E-state index contributed by atoms with van der Waals surface area (Å²) < 4.78 is 0. The van der Waals surface area contributed by atoms with Gasteiger partial charge in [-0.25, -0.2) is 0 Å². The van der Waals surface area contributed by atoms with Gasteiger partial charge in [0.05, 0.1) is 18.3 Å². The molecule has 2 N–H and O–H groups in total. The summed E-state index contributed by atoms with van der Waals surface area (Å²) in [6.07, 6.45) is 6.23. The Hall–Kier alpha value is -1.95. The van der Waals surface area contributed by atoms with Gasteiger partial charge in [0.15, 0.2) is 0 Å². The Kier molecular flexibility index (Phi) is 4.61. The van der Waals surface area contributed by atoms with E-state index in [0.717, 1.165) is 44.3 Å². The molecule has 2 fully saturated rings. The van der Waals surface area contributed by atoms with E-state index in [1.165, 1.54) is 0 Å². The zero-order valence-electron chi connectivity index (χ0n) is 13.5. The van der Waals surface area contributed by atoms with Gasteiger partial charge in [-0.2, -0.15) is 0 Å².